The minimum Gasteiger partial charge on any atom is -0.382 e. The summed E-state index contributed by atoms with van der Waals surface area (Å²) in [7, 11) is 12.7. The minimum absolute atomic E-state index is 0.00791. The van der Waals surface area contributed by atoms with Crippen molar-refractivity contribution in [2.45, 2.75) is 42.5 Å². The SMILES string of the molecule is B[C@@H]1OC(COC)[C@@H](CN(C)OCC2O[C@@H](B)[C@H](OC)[C@@H]2OC)[C@H]1OC. The second kappa shape index (κ2) is 10.4. The van der Waals surface area contributed by atoms with Crippen LogP contribution >= 0.6 is 0 Å². The summed E-state index contributed by atoms with van der Waals surface area (Å²) in [6.07, 6.45) is -0.417. The lowest BCUT2D eigenvalue weighted by Crippen LogP contribution is -2.42. The fourth-order valence-electron chi connectivity index (χ4n) is 4.13. The van der Waals surface area contributed by atoms with Crippen molar-refractivity contribution in [3.05, 3.63) is 0 Å². The Labute approximate surface area is 158 Å². The normalized spacial score (nSPS) is 40.5. The summed E-state index contributed by atoms with van der Waals surface area (Å²) in [6, 6.07) is -0.00482. The summed E-state index contributed by atoms with van der Waals surface area (Å²) in [5, 5.41) is 1.82. The lowest BCUT2D eigenvalue weighted by atomic mass is 9.87. The Morgan fingerprint density at radius 2 is 1.38 bits per heavy atom. The fraction of sp³-hybridized carbons (Fsp3) is 1.00. The summed E-state index contributed by atoms with van der Waals surface area (Å²) in [4.78, 5) is 5.94. The molecular weight excluding hydrogens is 340 g/mol. The van der Waals surface area contributed by atoms with E-state index >= 15 is 0 Å². The molecule has 26 heavy (non-hydrogen) atoms. The first-order chi connectivity index (χ1) is 12.5. The van der Waals surface area contributed by atoms with E-state index in [0.717, 1.165) is 0 Å². The van der Waals surface area contributed by atoms with Crippen molar-refractivity contribution in [3.63, 3.8) is 0 Å². The van der Waals surface area contributed by atoms with Crippen LogP contribution in [0.15, 0.2) is 0 Å². The molecule has 0 radical (unpaired) electrons. The largest absolute Gasteiger partial charge is 0.382 e. The van der Waals surface area contributed by atoms with Gasteiger partial charge in [0.25, 0.3) is 0 Å². The molecule has 0 aromatic rings. The Hall–Kier alpha value is -0.190. The lowest BCUT2D eigenvalue weighted by Gasteiger charge is -2.28. The molecule has 2 saturated heterocycles. The monoisotopic (exact) mass is 373 g/mol. The van der Waals surface area contributed by atoms with Gasteiger partial charge in [-0.25, -0.2) is 0 Å². The maximum atomic E-state index is 5.98. The number of nitrogens with zero attached hydrogens (tertiary/aromatic N) is 1. The summed E-state index contributed by atoms with van der Waals surface area (Å²) in [5.74, 6) is 0.160. The van der Waals surface area contributed by atoms with E-state index < -0.39 is 0 Å². The average molecular weight is 373 g/mol. The van der Waals surface area contributed by atoms with Crippen LogP contribution < -0.4 is 0 Å². The minimum atomic E-state index is -0.172. The van der Waals surface area contributed by atoms with Crippen molar-refractivity contribution in [1.29, 1.82) is 0 Å². The van der Waals surface area contributed by atoms with Gasteiger partial charge in [0.05, 0.1) is 37.4 Å². The summed E-state index contributed by atoms with van der Waals surface area (Å²) < 4.78 is 33.9. The Morgan fingerprint density at radius 1 is 0.808 bits per heavy atom. The number of methoxy groups -OCH3 is 4. The predicted octanol–water partition coefficient (Wildman–Crippen LogP) is -2.13. The van der Waals surface area contributed by atoms with Crippen LogP contribution in [0.2, 0.25) is 0 Å². The smallest absolute Gasteiger partial charge is 0.142 e. The lowest BCUT2D eigenvalue weighted by molar-refractivity contribution is -0.186. The Kier molecular flexibility index (Phi) is 8.82. The molecule has 0 spiro atoms. The third kappa shape index (κ3) is 4.99. The number of hydroxylamine groups is 2. The van der Waals surface area contributed by atoms with Crippen LogP contribution in [0.25, 0.3) is 0 Å². The predicted molar refractivity (Wildman–Crippen MR) is 101 cm³/mol. The number of hydrogen-bond acceptors (Lipinski definition) is 8. The average Bonchev–Trinajstić information content (AvgIpc) is 3.08. The summed E-state index contributed by atoms with van der Waals surface area (Å²) in [6.45, 7) is 1.60. The van der Waals surface area contributed by atoms with Gasteiger partial charge in [-0.15, -0.1) is 0 Å². The maximum Gasteiger partial charge on any atom is 0.142 e. The number of rotatable bonds is 10. The van der Waals surface area contributed by atoms with Gasteiger partial charge in [0.15, 0.2) is 0 Å². The van der Waals surface area contributed by atoms with Gasteiger partial charge >= 0.3 is 0 Å². The first-order valence-corrected chi connectivity index (χ1v) is 9.19. The van der Waals surface area contributed by atoms with E-state index in [1.807, 2.05) is 27.8 Å². The van der Waals surface area contributed by atoms with Crippen LogP contribution in [0.1, 0.15) is 0 Å². The second-order valence-corrected chi connectivity index (χ2v) is 7.09. The molecule has 2 rings (SSSR count). The van der Waals surface area contributed by atoms with Crippen LogP contribution in [-0.4, -0.2) is 119 Å². The zero-order chi connectivity index (χ0) is 19.3. The van der Waals surface area contributed by atoms with E-state index in [1.165, 1.54) is 0 Å². The first kappa shape index (κ1) is 22.1. The van der Waals surface area contributed by atoms with Crippen LogP contribution in [0, 0.1) is 5.92 Å². The molecule has 8 nitrogen and oxygen atoms in total. The fourth-order valence-corrected chi connectivity index (χ4v) is 4.13. The molecule has 0 aromatic heterocycles. The number of ether oxygens (including phenoxy) is 6. The molecule has 2 heterocycles. The highest BCUT2D eigenvalue weighted by atomic mass is 16.7. The van der Waals surface area contributed by atoms with E-state index in [9.17, 15) is 0 Å². The van der Waals surface area contributed by atoms with Gasteiger partial charge < -0.3 is 28.4 Å². The molecule has 10 heteroatoms. The molecule has 0 aromatic carbocycles. The zero-order valence-electron chi connectivity index (χ0n) is 17.0. The molecule has 0 aliphatic carbocycles. The Morgan fingerprint density at radius 3 is 1.96 bits per heavy atom. The van der Waals surface area contributed by atoms with E-state index in [1.54, 1.807) is 28.4 Å². The van der Waals surface area contributed by atoms with Crippen molar-refractivity contribution in [2.75, 3.05) is 55.2 Å². The molecule has 2 aliphatic rings. The molecule has 150 valence electrons. The van der Waals surface area contributed by atoms with E-state index in [-0.39, 0.29) is 48.4 Å². The first-order valence-electron chi connectivity index (χ1n) is 9.19. The topological polar surface area (TPSA) is 67.9 Å². The third-order valence-electron chi connectivity index (χ3n) is 5.37. The van der Waals surface area contributed by atoms with Crippen LogP contribution in [0.5, 0.6) is 0 Å². The molecular formula is C16H33B2NO7. The molecule has 0 bridgehead atoms. The highest BCUT2D eigenvalue weighted by Crippen LogP contribution is 2.29. The van der Waals surface area contributed by atoms with Crippen molar-refractivity contribution in [1.82, 2.24) is 5.06 Å². The third-order valence-corrected chi connectivity index (χ3v) is 5.37. The summed E-state index contributed by atoms with van der Waals surface area (Å²) in [5.41, 5.74) is 0. The molecule has 2 fully saturated rings. The zero-order valence-corrected chi connectivity index (χ0v) is 17.0. The summed E-state index contributed by atoms with van der Waals surface area (Å²) >= 11 is 0. The van der Waals surface area contributed by atoms with Gasteiger partial charge in [0, 0.05) is 47.9 Å². The van der Waals surface area contributed by atoms with E-state index in [0.29, 0.717) is 19.8 Å². The van der Waals surface area contributed by atoms with Crippen molar-refractivity contribution in [2.24, 2.45) is 5.92 Å². The Bertz CT molecular complexity index is 422. The highest BCUT2D eigenvalue weighted by Gasteiger charge is 2.44. The van der Waals surface area contributed by atoms with Crippen LogP contribution in [0.3, 0.4) is 0 Å². The maximum absolute atomic E-state index is 5.98. The van der Waals surface area contributed by atoms with Crippen molar-refractivity contribution >= 4 is 15.7 Å². The quantitative estimate of drug-likeness (QED) is 0.318. The van der Waals surface area contributed by atoms with E-state index in [4.69, 9.17) is 33.3 Å². The molecule has 0 amide bonds. The number of hydrogen-bond donors (Lipinski definition) is 0. The highest BCUT2D eigenvalue weighted by molar-refractivity contribution is 6.12. The van der Waals surface area contributed by atoms with Crippen LogP contribution in [0.4, 0.5) is 0 Å². The van der Waals surface area contributed by atoms with Gasteiger partial charge in [-0.3, -0.25) is 4.84 Å². The van der Waals surface area contributed by atoms with Gasteiger partial charge in [-0.1, -0.05) is 0 Å². The standard InChI is InChI=1S/C16H33B2NO7/c1-19(6-9-10(7-20-2)25-15(17)12(9)21-3)24-8-11-13(22-4)14(23-5)16(18)26-11/h9-16H,6-8,17-18H2,1-5H3/t9-,10?,11?,12-,13-,14-,15-,16-/m1/s1. The van der Waals surface area contributed by atoms with Gasteiger partial charge in [0.2, 0.25) is 0 Å². The van der Waals surface area contributed by atoms with Crippen molar-refractivity contribution in [3.8, 4) is 0 Å². The van der Waals surface area contributed by atoms with Crippen molar-refractivity contribution < 1.29 is 33.3 Å². The Balaban J connectivity index is 1.88. The van der Waals surface area contributed by atoms with Gasteiger partial charge in [0.1, 0.15) is 34.0 Å². The van der Waals surface area contributed by atoms with Gasteiger partial charge in [-0.05, 0) is 0 Å². The molecule has 2 unspecified atom stereocenters. The second-order valence-electron chi connectivity index (χ2n) is 7.09. The molecule has 8 atom stereocenters. The van der Waals surface area contributed by atoms with Gasteiger partial charge in [-0.2, -0.15) is 5.06 Å². The molecule has 0 N–H and O–H groups in total. The molecule has 2 aliphatic heterocycles. The van der Waals surface area contributed by atoms with E-state index in [2.05, 4.69) is 0 Å². The van der Waals surface area contributed by atoms with Crippen LogP contribution in [-0.2, 0) is 33.3 Å². The molecule has 0 saturated carbocycles.